The van der Waals surface area contributed by atoms with Crippen molar-refractivity contribution in [2.24, 2.45) is 0 Å². The average molecular weight is 412 g/mol. The lowest BCUT2D eigenvalue weighted by Gasteiger charge is -2.18. The monoisotopic (exact) mass is 411 g/mol. The topological polar surface area (TPSA) is 71.1 Å². The number of thioether (sulfide) groups is 1. The van der Waals surface area contributed by atoms with Crippen LogP contribution in [-0.2, 0) is 4.79 Å². The van der Waals surface area contributed by atoms with E-state index in [4.69, 9.17) is 23.2 Å². The van der Waals surface area contributed by atoms with Crippen LogP contribution in [0.2, 0.25) is 10.0 Å². The molecule has 0 saturated heterocycles. The number of anilines is 1. The summed E-state index contributed by atoms with van der Waals surface area (Å²) in [4.78, 5) is 29.2. The predicted molar refractivity (Wildman–Crippen MR) is 108 cm³/mol. The smallest absolute Gasteiger partial charge is 0.253 e. The van der Waals surface area contributed by atoms with E-state index in [0.717, 1.165) is 5.56 Å². The molecule has 2 amide bonds. The molecule has 1 aromatic heterocycles. The second kappa shape index (κ2) is 9.80. The number of nitrogens with one attached hydrogen (secondary N) is 2. The summed E-state index contributed by atoms with van der Waals surface area (Å²) in [5.74, 6) is 0.414. The van der Waals surface area contributed by atoms with Crippen molar-refractivity contribution in [3.8, 4) is 0 Å². The number of amides is 2. The van der Waals surface area contributed by atoms with Crippen LogP contribution in [0.3, 0.4) is 0 Å². The van der Waals surface area contributed by atoms with Gasteiger partial charge in [-0.15, -0.1) is 0 Å². The predicted octanol–water partition coefficient (Wildman–Crippen LogP) is 4.19. The zero-order valence-corrected chi connectivity index (χ0v) is 16.7. The summed E-state index contributed by atoms with van der Waals surface area (Å²) < 4.78 is 0. The van der Waals surface area contributed by atoms with Crippen LogP contribution in [-0.4, -0.2) is 34.8 Å². The number of aromatic nitrogens is 1. The lowest BCUT2D eigenvalue weighted by atomic mass is 10.1. The Morgan fingerprint density at radius 1 is 1.23 bits per heavy atom. The molecule has 0 radical (unpaired) electrons. The van der Waals surface area contributed by atoms with Gasteiger partial charge in [0, 0.05) is 11.2 Å². The minimum atomic E-state index is -0.705. The number of pyridine rings is 1. The second-order valence-electron chi connectivity index (χ2n) is 5.64. The molecule has 1 atom stereocenters. The van der Waals surface area contributed by atoms with Crippen LogP contribution in [0.4, 0.5) is 5.82 Å². The number of carbonyl (C=O) groups excluding carboxylic acids is 2. The molecule has 0 aliphatic heterocycles. The van der Waals surface area contributed by atoms with Gasteiger partial charge in [-0.3, -0.25) is 9.59 Å². The lowest BCUT2D eigenvalue weighted by Crippen LogP contribution is -2.44. The second-order valence-corrected chi connectivity index (χ2v) is 7.47. The van der Waals surface area contributed by atoms with Gasteiger partial charge in [0.05, 0.1) is 10.6 Å². The highest BCUT2D eigenvalue weighted by Crippen LogP contribution is 2.21. The zero-order chi connectivity index (χ0) is 19.1. The SMILES string of the molecule is CSCCC(NC(=O)c1ccc(Cl)cc1Cl)C(=O)Nc1cc(C)ccn1. The Bertz CT molecular complexity index is 802. The molecule has 1 aromatic carbocycles. The fourth-order valence-electron chi connectivity index (χ4n) is 2.23. The van der Waals surface area contributed by atoms with Crippen molar-refractivity contribution >= 4 is 52.6 Å². The normalized spacial score (nSPS) is 11.7. The number of hydrogen-bond donors (Lipinski definition) is 2. The van der Waals surface area contributed by atoms with Gasteiger partial charge in [-0.2, -0.15) is 11.8 Å². The molecule has 138 valence electrons. The van der Waals surface area contributed by atoms with Crippen LogP contribution in [0.1, 0.15) is 22.3 Å². The summed E-state index contributed by atoms with van der Waals surface area (Å²) in [5, 5.41) is 6.16. The minimum Gasteiger partial charge on any atom is -0.340 e. The van der Waals surface area contributed by atoms with Gasteiger partial charge < -0.3 is 10.6 Å². The van der Waals surface area contributed by atoms with Crippen molar-refractivity contribution in [1.29, 1.82) is 0 Å². The Labute approximate surface area is 166 Å². The van der Waals surface area contributed by atoms with E-state index in [-0.39, 0.29) is 16.5 Å². The number of benzene rings is 1. The number of halogens is 2. The maximum absolute atomic E-state index is 12.6. The molecule has 0 saturated carbocycles. The van der Waals surface area contributed by atoms with Gasteiger partial charge in [-0.05, 0) is 61.2 Å². The highest BCUT2D eigenvalue weighted by molar-refractivity contribution is 7.98. The molecule has 8 heteroatoms. The van der Waals surface area contributed by atoms with Crippen LogP contribution in [0.15, 0.2) is 36.5 Å². The maximum atomic E-state index is 12.6. The molecule has 0 bridgehead atoms. The van der Waals surface area contributed by atoms with Gasteiger partial charge in [0.15, 0.2) is 0 Å². The van der Waals surface area contributed by atoms with Crippen LogP contribution in [0.25, 0.3) is 0 Å². The largest absolute Gasteiger partial charge is 0.340 e. The van der Waals surface area contributed by atoms with Gasteiger partial charge >= 0.3 is 0 Å². The lowest BCUT2D eigenvalue weighted by molar-refractivity contribution is -0.118. The van der Waals surface area contributed by atoms with Gasteiger partial charge in [0.2, 0.25) is 5.91 Å². The number of nitrogens with zero attached hydrogens (tertiary/aromatic N) is 1. The standard InChI is InChI=1S/C18H19Cl2N3O2S/c1-11-5-7-21-16(9-11)23-18(25)15(6-8-26-2)22-17(24)13-4-3-12(19)10-14(13)20/h3-5,7,9-10,15H,6,8H2,1-2H3,(H,22,24)(H,21,23,25). The summed E-state index contributed by atoms with van der Waals surface area (Å²) in [6.45, 7) is 1.91. The summed E-state index contributed by atoms with van der Waals surface area (Å²) in [6, 6.07) is 7.50. The first-order chi connectivity index (χ1) is 12.4. The Hall–Kier alpha value is -1.76. The van der Waals surface area contributed by atoms with Gasteiger partial charge in [-0.25, -0.2) is 4.98 Å². The van der Waals surface area contributed by atoms with Crippen LogP contribution in [0, 0.1) is 6.92 Å². The molecule has 2 aromatic rings. The van der Waals surface area contributed by atoms with Gasteiger partial charge in [0.25, 0.3) is 5.91 Å². The van der Waals surface area contributed by atoms with Crippen molar-refractivity contribution in [1.82, 2.24) is 10.3 Å². The number of aryl methyl sites for hydroxylation is 1. The van der Waals surface area contributed by atoms with E-state index >= 15 is 0 Å². The minimum absolute atomic E-state index is 0.236. The quantitative estimate of drug-likeness (QED) is 0.716. The third-order valence-electron chi connectivity index (χ3n) is 3.57. The Balaban J connectivity index is 2.12. The first-order valence-corrected chi connectivity index (χ1v) is 10.0. The number of rotatable bonds is 7. The Morgan fingerprint density at radius 3 is 2.65 bits per heavy atom. The third-order valence-corrected chi connectivity index (χ3v) is 4.77. The average Bonchev–Trinajstić information content (AvgIpc) is 2.58. The molecular formula is C18H19Cl2N3O2S. The first-order valence-electron chi connectivity index (χ1n) is 7.89. The fraction of sp³-hybridized carbons (Fsp3) is 0.278. The van der Waals surface area contributed by atoms with E-state index in [1.54, 1.807) is 30.1 Å². The number of hydrogen-bond acceptors (Lipinski definition) is 4. The summed E-state index contributed by atoms with van der Waals surface area (Å²) >= 11 is 13.5. The van der Waals surface area contributed by atoms with Crippen molar-refractivity contribution in [3.63, 3.8) is 0 Å². The molecule has 0 spiro atoms. The highest BCUT2D eigenvalue weighted by Gasteiger charge is 2.22. The molecule has 2 N–H and O–H groups in total. The molecule has 0 aliphatic rings. The Kier molecular flexibility index (Phi) is 7.75. The van der Waals surface area contributed by atoms with Gasteiger partial charge in [0.1, 0.15) is 11.9 Å². The summed E-state index contributed by atoms with van der Waals surface area (Å²) in [5.41, 5.74) is 1.25. The highest BCUT2D eigenvalue weighted by atomic mass is 35.5. The molecule has 1 unspecified atom stereocenters. The van der Waals surface area contributed by atoms with E-state index in [1.165, 1.54) is 12.1 Å². The van der Waals surface area contributed by atoms with E-state index < -0.39 is 11.9 Å². The molecule has 1 heterocycles. The summed E-state index contributed by atoms with van der Waals surface area (Å²) in [6.07, 6.45) is 4.04. The fourth-order valence-corrected chi connectivity index (χ4v) is 3.20. The van der Waals surface area contributed by atoms with Crippen molar-refractivity contribution in [2.45, 2.75) is 19.4 Å². The summed E-state index contributed by atoms with van der Waals surface area (Å²) in [7, 11) is 0. The van der Waals surface area contributed by atoms with Crippen molar-refractivity contribution in [3.05, 3.63) is 57.7 Å². The van der Waals surface area contributed by atoms with Crippen LogP contribution in [0.5, 0.6) is 0 Å². The Morgan fingerprint density at radius 2 is 2.00 bits per heavy atom. The number of carbonyl (C=O) groups is 2. The molecule has 5 nitrogen and oxygen atoms in total. The maximum Gasteiger partial charge on any atom is 0.253 e. The van der Waals surface area contributed by atoms with Crippen molar-refractivity contribution in [2.75, 3.05) is 17.3 Å². The van der Waals surface area contributed by atoms with E-state index in [9.17, 15) is 9.59 Å². The van der Waals surface area contributed by atoms with Crippen LogP contribution >= 0.6 is 35.0 Å². The van der Waals surface area contributed by atoms with Crippen molar-refractivity contribution < 1.29 is 9.59 Å². The third kappa shape index (κ3) is 5.90. The molecule has 0 aliphatic carbocycles. The molecule has 2 rings (SSSR count). The zero-order valence-electron chi connectivity index (χ0n) is 14.4. The molecule has 0 fully saturated rings. The first kappa shape index (κ1) is 20.6. The molecular weight excluding hydrogens is 393 g/mol. The van der Waals surface area contributed by atoms with E-state index in [2.05, 4.69) is 15.6 Å². The van der Waals surface area contributed by atoms with Crippen LogP contribution < -0.4 is 10.6 Å². The van der Waals surface area contributed by atoms with E-state index in [1.807, 2.05) is 19.2 Å². The van der Waals surface area contributed by atoms with E-state index in [0.29, 0.717) is 23.0 Å². The van der Waals surface area contributed by atoms with Gasteiger partial charge in [-0.1, -0.05) is 23.2 Å². The molecule has 26 heavy (non-hydrogen) atoms.